The highest BCUT2D eigenvalue weighted by molar-refractivity contribution is 5.99. The summed E-state index contributed by atoms with van der Waals surface area (Å²) in [4.78, 5) is 14.3. The van der Waals surface area contributed by atoms with E-state index in [2.05, 4.69) is 5.32 Å². The van der Waals surface area contributed by atoms with Gasteiger partial charge in [-0.05, 0) is 24.1 Å². The molecule has 1 amide bonds. The zero-order valence-corrected chi connectivity index (χ0v) is 11.2. The topological polar surface area (TPSA) is 98.8 Å². The number of carbonyl (C=O) groups is 1. The molecular formula is C14H19N3O3. The lowest BCUT2D eigenvalue weighted by molar-refractivity contribution is 0.0746. The Kier molecular flexibility index (Phi) is 3.07. The average molecular weight is 277 g/mol. The Labute approximate surface area is 117 Å². The van der Waals surface area contributed by atoms with Crippen LogP contribution in [0.25, 0.3) is 0 Å². The summed E-state index contributed by atoms with van der Waals surface area (Å²) in [5.41, 5.74) is 6.27. The van der Waals surface area contributed by atoms with Crippen LogP contribution in [-0.4, -0.2) is 53.8 Å². The lowest BCUT2D eigenvalue weighted by atomic mass is 9.82. The number of aliphatic hydroxyl groups excluding tert-OH is 1. The first-order chi connectivity index (χ1) is 9.55. The molecule has 1 aromatic rings. The third kappa shape index (κ3) is 1.92. The summed E-state index contributed by atoms with van der Waals surface area (Å²) in [6.45, 7) is 2.76. The van der Waals surface area contributed by atoms with Gasteiger partial charge in [-0.25, -0.2) is 0 Å². The van der Waals surface area contributed by atoms with Crippen molar-refractivity contribution in [3.63, 3.8) is 0 Å². The molecule has 2 aliphatic heterocycles. The molecule has 2 unspecified atom stereocenters. The highest BCUT2D eigenvalue weighted by Crippen LogP contribution is 2.39. The second kappa shape index (κ2) is 4.64. The molecule has 2 saturated heterocycles. The van der Waals surface area contributed by atoms with E-state index < -0.39 is 0 Å². The monoisotopic (exact) mass is 277 g/mol. The molecule has 0 aromatic heterocycles. The number of hydrogen-bond donors (Lipinski definition) is 4. The molecule has 2 atom stereocenters. The van der Waals surface area contributed by atoms with E-state index in [-0.39, 0.29) is 29.6 Å². The molecule has 0 bridgehead atoms. The second-order valence-corrected chi connectivity index (χ2v) is 5.81. The van der Waals surface area contributed by atoms with Crippen LogP contribution >= 0.6 is 0 Å². The van der Waals surface area contributed by atoms with Gasteiger partial charge in [0, 0.05) is 37.3 Å². The summed E-state index contributed by atoms with van der Waals surface area (Å²) < 4.78 is 0. The zero-order chi connectivity index (χ0) is 14.3. The summed E-state index contributed by atoms with van der Waals surface area (Å²) in [5.74, 6) is 0.121. The van der Waals surface area contributed by atoms with Crippen molar-refractivity contribution in [2.24, 2.45) is 11.3 Å². The number of amides is 1. The fraction of sp³-hybridized carbons (Fsp3) is 0.500. The number of nitrogens with one attached hydrogen (secondary N) is 1. The minimum Gasteiger partial charge on any atom is -0.508 e. The Morgan fingerprint density at radius 3 is 3.05 bits per heavy atom. The van der Waals surface area contributed by atoms with Gasteiger partial charge in [0.05, 0.1) is 12.2 Å². The highest BCUT2D eigenvalue weighted by Gasteiger charge is 2.50. The highest BCUT2D eigenvalue weighted by atomic mass is 16.3. The van der Waals surface area contributed by atoms with Crippen LogP contribution < -0.4 is 11.1 Å². The molecule has 108 valence electrons. The van der Waals surface area contributed by atoms with Gasteiger partial charge in [0.25, 0.3) is 5.91 Å². The van der Waals surface area contributed by atoms with Crippen molar-refractivity contribution in [3.8, 4) is 5.75 Å². The predicted molar refractivity (Wildman–Crippen MR) is 74.3 cm³/mol. The van der Waals surface area contributed by atoms with E-state index in [9.17, 15) is 15.0 Å². The number of rotatable bonds is 2. The smallest absolute Gasteiger partial charge is 0.256 e. The average Bonchev–Trinajstić information content (AvgIpc) is 2.97. The summed E-state index contributed by atoms with van der Waals surface area (Å²) >= 11 is 0. The number of hydrogen-bond acceptors (Lipinski definition) is 5. The number of nitrogens with two attached hydrogens (primary N) is 1. The quantitative estimate of drug-likeness (QED) is 0.436. The molecule has 6 heteroatoms. The van der Waals surface area contributed by atoms with Gasteiger partial charge >= 0.3 is 0 Å². The van der Waals surface area contributed by atoms with Gasteiger partial charge in [0.1, 0.15) is 5.75 Å². The van der Waals surface area contributed by atoms with Crippen molar-refractivity contribution in [3.05, 3.63) is 23.8 Å². The zero-order valence-electron chi connectivity index (χ0n) is 11.2. The maximum Gasteiger partial charge on any atom is 0.256 e. The number of anilines is 1. The number of likely N-dealkylation sites (tertiary alicyclic amines) is 1. The van der Waals surface area contributed by atoms with Crippen LogP contribution in [0.15, 0.2) is 18.2 Å². The summed E-state index contributed by atoms with van der Waals surface area (Å²) in [7, 11) is 0. The van der Waals surface area contributed by atoms with Gasteiger partial charge in [0.2, 0.25) is 0 Å². The minimum atomic E-state index is -0.235. The van der Waals surface area contributed by atoms with E-state index >= 15 is 0 Å². The number of fused-ring (bicyclic) bond motifs is 1. The van der Waals surface area contributed by atoms with E-state index in [0.29, 0.717) is 24.3 Å². The molecule has 0 aliphatic carbocycles. The molecule has 3 rings (SSSR count). The van der Waals surface area contributed by atoms with E-state index in [4.69, 9.17) is 5.73 Å². The van der Waals surface area contributed by atoms with Gasteiger partial charge in [-0.1, -0.05) is 0 Å². The lowest BCUT2D eigenvalue weighted by Crippen LogP contribution is -2.38. The fourth-order valence-corrected chi connectivity index (χ4v) is 3.30. The molecule has 0 saturated carbocycles. The fourth-order valence-electron chi connectivity index (χ4n) is 3.30. The largest absolute Gasteiger partial charge is 0.508 e. The number of phenolic OH excluding ortho intramolecular Hbond substituents is 1. The van der Waals surface area contributed by atoms with Crippen LogP contribution in [0.1, 0.15) is 10.4 Å². The van der Waals surface area contributed by atoms with Crippen molar-refractivity contribution in [2.45, 2.75) is 0 Å². The summed E-state index contributed by atoms with van der Waals surface area (Å²) in [5, 5.41) is 22.4. The van der Waals surface area contributed by atoms with Gasteiger partial charge < -0.3 is 26.2 Å². The van der Waals surface area contributed by atoms with Crippen molar-refractivity contribution in [1.29, 1.82) is 0 Å². The maximum absolute atomic E-state index is 12.5. The Morgan fingerprint density at radius 2 is 2.35 bits per heavy atom. The SMILES string of the molecule is Nc1ccc(O)cc1C(=O)N1CC2CNCC2(CO)C1. The summed E-state index contributed by atoms with van der Waals surface area (Å²) in [6.07, 6.45) is 0. The standard InChI is InChI=1S/C14H19N3O3/c15-12-2-1-10(19)3-11(12)13(20)17-5-9-4-16-6-14(9,7-17)8-18/h1-3,9,16,18-19H,4-8,15H2. The number of nitrogen functional groups attached to an aromatic ring is 1. The number of benzene rings is 1. The van der Waals surface area contributed by atoms with Crippen molar-refractivity contribution in [1.82, 2.24) is 10.2 Å². The number of aromatic hydroxyl groups is 1. The first-order valence-electron chi connectivity index (χ1n) is 6.75. The molecule has 2 fully saturated rings. The van der Waals surface area contributed by atoms with Crippen LogP contribution in [0, 0.1) is 11.3 Å². The Bertz CT molecular complexity index is 548. The van der Waals surface area contributed by atoms with Crippen molar-refractivity contribution in [2.75, 3.05) is 38.5 Å². The van der Waals surface area contributed by atoms with E-state index in [1.807, 2.05) is 0 Å². The van der Waals surface area contributed by atoms with Gasteiger partial charge in [-0.2, -0.15) is 0 Å². The molecule has 6 nitrogen and oxygen atoms in total. The number of nitrogens with zero attached hydrogens (tertiary/aromatic N) is 1. The van der Waals surface area contributed by atoms with Crippen LogP contribution in [-0.2, 0) is 0 Å². The lowest BCUT2D eigenvalue weighted by Gasteiger charge is -2.25. The summed E-state index contributed by atoms with van der Waals surface area (Å²) in [6, 6.07) is 4.39. The van der Waals surface area contributed by atoms with E-state index in [1.54, 1.807) is 4.90 Å². The van der Waals surface area contributed by atoms with Gasteiger partial charge in [0.15, 0.2) is 0 Å². The van der Waals surface area contributed by atoms with Crippen LogP contribution in [0.5, 0.6) is 5.75 Å². The first-order valence-corrected chi connectivity index (χ1v) is 6.75. The second-order valence-electron chi connectivity index (χ2n) is 5.81. The third-order valence-corrected chi connectivity index (χ3v) is 4.55. The molecular weight excluding hydrogens is 258 g/mol. The van der Waals surface area contributed by atoms with Crippen molar-refractivity contribution < 1.29 is 15.0 Å². The van der Waals surface area contributed by atoms with Gasteiger partial charge in [-0.15, -0.1) is 0 Å². The van der Waals surface area contributed by atoms with Crippen LogP contribution in [0.3, 0.4) is 0 Å². The maximum atomic E-state index is 12.5. The number of aliphatic hydroxyl groups is 1. The van der Waals surface area contributed by atoms with E-state index in [0.717, 1.165) is 13.1 Å². The Morgan fingerprint density at radius 1 is 1.55 bits per heavy atom. The molecule has 2 heterocycles. The first kappa shape index (κ1) is 13.2. The molecule has 5 N–H and O–H groups in total. The normalized spacial score (nSPS) is 28.6. The van der Waals surface area contributed by atoms with Crippen molar-refractivity contribution >= 4 is 11.6 Å². The number of carbonyl (C=O) groups excluding carboxylic acids is 1. The van der Waals surface area contributed by atoms with Gasteiger partial charge in [-0.3, -0.25) is 4.79 Å². The number of phenols is 1. The molecule has 20 heavy (non-hydrogen) atoms. The molecule has 1 aromatic carbocycles. The Hall–Kier alpha value is -1.79. The van der Waals surface area contributed by atoms with Crippen LogP contribution in [0.4, 0.5) is 5.69 Å². The minimum absolute atomic E-state index is 0.0282. The Balaban J connectivity index is 1.84. The van der Waals surface area contributed by atoms with E-state index in [1.165, 1.54) is 18.2 Å². The molecule has 0 radical (unpaired) electrons. The third-order valence-electron chi connectivity index (χ3n) is 4.55. The van der Waals surface area contributed by atoms with Crippen LogP contribution in [0.2, 0.25) is 0 Å². The predicted octanol–water partition coefficient (Wildman–Crippen LogP) is -0.372. The molecule has 2 aliphatic rings. The molecule has 0 spiro atoms.